The number of carboxylic acids is 2. The summed E-state index contributed by atoms with van der Waals surface area (Å²) in [7, 11) is 0. The molecule has 0 aliphatic carbocycles. The predicted molar refractivity (Wildman–Crippen MR) is 101 cm³/mol. The molecule has 0 saturated carbocycles. The minimum Gasteiger partial charge on any atom is -0.481 e. The van der Waals surface area contributed by atoms with Gasteiger partial charge in [-0.2, -0.15) is 5.01 Å². The zero-order valence-electron chi connectivity index (χ0n) is 15.5. The van der Waals surface area contributed by atoms with Gasteiger partial charge >= 0.3 is 18.0 Å². The van der Waals surface area contributed by atoms with Crippen molar-refractivity contribution in [3.05, 3.63) is 71.3 Å². The van der Waals surface area contributed by atoms with Gasteiger partial charge in [-0.15, -0.1) is 0 Å². The van der Waals surface area contributed by atoms with Crippen LogP contribution in [0.3, 0.4) is 0 Å². The van der Waals surface area contributed by atoms with Gasteiger partial charge in [0.25, 0.3) is 11.8 Å². The van der Waals surface area contributed by atoms with E-state index in [1.165, 1.54) is 12.1 Å². The lowest BCUT2D eigenvalue weighted by Crippen LogP contribution is -2.56. The molecule has 3 N–H and O–H groups in total. The normalized spacial score (nSPS) is 13.5. The van der Waals surface area contributed by atoms with Crippen LogP contribution in [-0.4, -0.2) is 56.1 Å². The Hall–Kier alpha value is -4.21. The molecule has 30 heavy (non-hydrogen) atoms. The van der Waals surface area contributed by atoms with Crippen molar-refractivity contribution in [3.8, 4) is 0 Å². The first-order valence-corrected chi connectivity index (χ1v) is 8.84. The number of hydrazine groups is 1. The zero-order valence-corrected chi connectivity index (χ0v) is 15.5. The fourth-order valence-electron chi connectivity index (χ4n) is 2.98. The summed E-state index contributed by atoms with van der Waals surface area (Å²) < 4.78 is 0. The molecule has 0 bridgehead atoms. The van der Waals surface area contributed by atoms with Crippen LogP contribution in [0.1, 0.15) is 32.7 Å². The third-order valence-corrected chi connectivity index (χ3v) is 4.40. The van der Waals surface area contributed by atoms with Crippen LogP contribution in [0.4, 0.5) is 4.79 Å². The van der Waals surface area contributed by atoms with E-state index in [0.717, 1.165) is 5.01 Å². The Morgan fingerprint density at radius 1 is 0.900 bits per heavy atom. The Balaban J connectivity index is 1.94. The summed E-state index contributed by atoms with van der Waals surface area (Å²) in [6.07, 6.45) is -0.873. The van der Waals surface area contributed by atoms with Crippen molar-refractivity contribution in [1.82, 2.24) is 15.3 Å². The Morgan fingerprint density at radius 3 is 1.93 bits per heavy atom. The minimum atomic E-state index is -1.75. The summed E-state index contributed by atoms with van der Waals surface area (Å²) in [4.78, 5) is 60.8. The number of nitrogens with one attached hydrogen (secondary N) is 1. The van der Waals surface area contributed by atoms with Crippen molar-refractivity contribution in [3.63, 3.8) is 0 Å². The molecule has 1 aliphatic rings. The Kier molecular flexibility index (Phi) is 5.77. The summed E-state index contributed by atoms with van der Waals surface area (Å²) >= 11 is 0. The van der Waals surface area contributed by atoms with Gasteiger partial charge in [-0.05, 0) is 17.7 Å². The molecule has 0 fully saturated rings. The van der Waals surface area contributed by atoms with Crippen LogP contribution in [0.25, 0.3) is 0 Å². The standard InChI is InChI=1S/C20H17N3O7/c24-16(25)10-15(19(28)29)21-20(30)22(11-12-6-2-1-3-7-12)23-17(26)13-8-4-5-9-14(13)18(23)27/h1-9,15H,10-11H2,(H,21,30)(H,24,25)(H,28,29)/t15-/m0/s1. The topological polar surface area (TPSA) is 144 Å². The maximum Gasteiger partial charge on any atom is 0.337 e. The first kappa shape index (κ1) is 20.5. The number of aliphatic carboxylic acids is 2. The Labute approximate surface area is 170 Å². The minimum absolute atomic E-state index is 0.105. The van der Waals surface area contributed by atoms with E-state index in [4.69, 9.17) is 5.11 Å². The van der Waals surface area contributed by atoms with Gasteiger partial charge in [0, 0.05) is 0 Å². The maximum atomic E-state index is 12.9. The summed E-state index contributed by atoms with van der Waals surface area (Å²) in [6.45, 7) is -0.225. The summed E-state index contributed by atoms with van der Waals surface area (Å²) in [6, 6.07) is 11.6. The van der Waals surface area contributed by atoms with Crippen molar-refractivity contribution < 1.29 is 34.2 Å². The molecule has 3 rings (SSSR count). The highest BCUT2D eigenvalue weighted by Gasteiger charge is 2.42. The molecule has 10 nitrogen and oxygen atoms in total. The van der Waals surface area contributed by atoms with Gasteiger partial charge in [0.15, 0.2) is 0 Å². The maximum absolute atomic E-state index is 12.9. The number of urea groups is 1. The molecule has 0 spiro atoms. The van der Waals surface area contributed by atoms with Crippen molar-refractivity contribution in [2.75, 3.05) is 0 Å². The summed E-state index contributed by atoms with van der Waals surface area (Å²) in [5.74, 6) is -4.48. The lowest BCUT2D eigenvalue weighted by molar-refractivity contribution is -0.145. The summed E-state index contributed by atoms with van der Waals surface area (Å²) in [5, 5.41) is 21.6. The van der Waals surface area contributed by atoms with Gasteiger partial charge in [-0.3, -0.25) is 14.4 Å². The van der Waals surface area contributed by atoms with Gasteiger partial charge in [-0.25, -0.2) is 14.6 Å². The molecule has 10 heteroatoms. The molecule has 154 valence electrons. The van der Waals surface area contributed by atoms with Crippen LogP contribution >= 0.6 is 0 Å². The first-order chi connectivity index (χ1) is 14.3. The molecular formula is C20H17N3O7. The third kappa shape index (κ3) is 4.12. The van der Waals surface area contributed by atoms with E-state index in [0.29, 0.717) is 10.6 Å². The molecule has 1 atom stereocenters. The molecule has 1 aliphatic heterocycles. The van der Waals surface area contributed by atoms with Crippen molar-refractivity contribution in [2.45, 2.75) is 19.0 Å². The number of amides is 4. The number of nitrogens with zero attached hydrogens (tertiary/aromatic N) is 2. The van der Waals surface area contributed by atoms with Crippen LogP contribution < -0.4 is 5.32 Å². The first-order valence-electron chi connectivity index (χ1n) is 8.84. The van der Waals surface area contributed by atoms with Crippen LogP contribution in [0.2, 0.25) is 0 Å². The third-order valence-electron chi connectivity index (χ3n) is 4.40. The van der Waals surface area contributed by atoms with E-state index >= 15 is 0 Å². The number of carbonyl (C=O) groups excluding carboxylic acids is 3. The predicted octanol–water partition coefficient (Wildman–Crippen LogP) is 1.34. The second kappa shape index (κ2) is 8.43. The lowest BCUT2D eigenvalue weighted by atomic mass is 10.1. The quantitative estimate of drug-likeness (QED) is 0.583. The molecule has 0 radical (unpaired) electrons. The highest BCUT2D eigenvalue weighted by Crippen LogP contribution is 2.25. The highest BCUT2D eigenvalue weighted by atomic mass is 16.4. The van der Waals surface area contributed by atoms with Gasteiger partial charge in [0.05, 0.1) is 24.1 Å². The fourth-order valence-corrected chi connectivity index (χ4v) is 2.98. The fraction of sp³-hybridized carbons (Fsp3) is 0.150. The van der Waals surface area contributed by atoms with E-state index < -0.39 is 42.2 Å². The Morgan fingerprint density at radius 2 is 1.43 bits per heavy atom. The molecular weight excluding hydrogens is 394 g/mol. The molecule has 2 aromatic carbocycles. The SMILES string of the molecule is O=C(O)C[C@H](NC(=O)N(Cc1ccccc1)N1C(=O)c2ccccc2C1=O)C(=O)O. The largest absolute Gasteiger partial charge is 0.481 e. The van der Waals surface area contributed by atoms with E-state index in [2.05, 4.69) is 5.32 Å². The van der Waals surface area contributed by atoms with Crippen LogP contribution in [0, 0.1) is 0 Å². The smallest absolute Gasteiger partial charge is 0.337 e. The molecule has 0 saturated heterocycles. The number of carboxylic acid groups (broad SMARTS) is 2. The van der Waals surface area contributed by atoms with Gasteiger partial charge in [-0.1, -0.05) is 42.5 Å². The number of carbonyl (C=O) groups is 5. The number of hydrogen-bond acceptors (Lipinski definition) is 5. The Bertz CT molecular complexity index is 987. The number of benzene rings is 2. The van der Waals surface area contributed by atoms with E-state index in [1.807, 2.05) is 0 Å². The molecule has 1 heterocycles. The van der Waals surface area contributed by atoms with Crippen molar-refractivity contribution >= 4 is 29.8 Å². The zero-order chi connectivity index (χ0) is 21.8. The second-order valence-electron chi connectivity index (χ2n) is 6.45. The van der Waals surface area contributed by atoms with Gasteiger partial charge < -0.3 is 15.5 Å². The van der Waals surface area contributed by atoms with E-state index in [9.17, 15) is 29.1 Å². The molecule has 0 unspecified atom stereocenters. The molecule has 2 aromatic rings. The van der Waals surface area contributed by atoms with E-state index in [1.54, 1.807) is 42.5 Å². The lowest BCUT2D eigenvalue weighted by Gasteiger charge is -2.31. The van der Waals surface area contributed by atoms with Crippen molar-refractivity contribution in [2.24, 2.45) is 0 Å². The average molecular weight is 411 g/mol. The van der Waals surface area contributed by atoms with Crippen molar-refractivity contribution in [1.29, 1.82) is 0 Å². The van der Waals surface area contributed by atoms with Crippen LogP contribution in [0.5, 0.6) is 0 Å². The monoisotopic (exact) mass is 411 g/mol. The van der Waals surface area contributed by atoms with Crippen LogP contribution in [0.15, 0.2) is 54.6 Å². The van der Waals surface area contributed by atoms with Gasteiger partial charge in [0.2, 0.25) is 0 Å². The van der Waals surface area contributed by atoms with E-state index in [-0.39, 0.29) is 17.7 Å². The highest BCUT2D eigenvalue weighted by molar-refractivity contribution is 6.21. The molecule has 4 amide bonds. The second-order valence-corrected chi connectivity index (χ2v) is 6.45. The number of rotatable bonds is 7. The average Bonchev–Trinajstić information content (AvgIpc) is 2.97. The van der Waals surface area contributed by atoms with Gasteiger partial charge in [0.1, 0.15) is 6.04 Å². The number of hydrogen-bond donors (Lipinski definition) is 3. The van der Waals surface area contributed by atoms with Crippen LogP contribution in [-0.2, 0) is 16.1 Å². The molecule has 0 aromatic heterocycles. The number of imide groups is 1. The summed E-state index contributed by atoms with van der Waals surface area (Å²) in [5.41, 5.74) is 0.775. The number of fused-ring (bicyclic) bond motifs is 1.